The van der Waals surface area contributed by atoms with Crippen molar-refractivity contribution in [1.82, 2.24) is 10.6 Å². The second-order valence-corrected chi connectivity index (χ2v) is 5.34. The maximum atomic E-state index is 5.75. The van der Waals surface area contributed by atoms with Gasteiger partial charge in [-0.2, -0.15) is 0 Å². The predicted molar refractivity (Wildman–Crippen MR) is 105 cm³/mol. The van der Waals surface area contributed by atoms with Crippen LogP contribution in [-0.2, 0) is 11.3 Å². The van der Waals surface area contributed by atoms with Gasteiger partial charge in [0.05, 0.1) is 13.2 Å². The van der Waals surface area contributed by atoms with E-state index >= 15 is 0 Å². The number of benzene rings is 1. The molecule has 5 heteroatoms. The van der Waals surface area contributed by atoms with Crippen LogP contribution in [0.5, 0.6) is 0 Å². The fourth-order valence-electron chi connectivity index (χ4n) is 1.89. The van der Waals surface area contributed by atoms with E-state index in [9.17, 15) is 0 Å². The van der Waals surface area contributed by atoms with Crippen LogP contribution in [-0.4, -0.2) is 32.7 Å². The number of hydrogen-bond donors (Lipinski definition) is 2. The lowest BCUT2D eigenvalue weighted by molar-refractivity contribution is 0.0931. The minimum atomic E-state index is 0. The summed E-state index contributed by atoms with van der Waals surface area (Å²) >= 11 is 0. The molecule has 22 heavy (non-hydrogen) atoms. The number of unbranched alkanes of at least 4 members (excludes halogenated alkanes) is 1. The largest absolute Gasteiger partial charge is 0.376 e. The van der Waals surface area contributed by atoms with Gasteiger partial charge in [0.15, 0.2) is 5.96 Å². The van der Waals surface area contributed by atoms with Gasteiger partial charge in [0.25, 0.3) is 0 Å². The molecule has 0 radical (unpaired) electrons. The van der Waals surface area contributed by atoms with Crippen LogP contribution in [0.2, 0.25) is 0 Å². The Kier molecular flexibility index (Phi) is 13.3. The van der Waals surface area contributed by atoms with Gasteiger partial charge in [-0.15, -0.1) is 24.0 Å². The summed E-state index contributed by atoms with van der Waals surface area (Å²) in [5, 5.41) is 6.64. The molecule has 1 unspecified atom stereocenters. The Hall–Kier alpha value is -0.820. The molecule has 0 saturated heterocycles. The molecule has 4 nitrogen and oxygen atoms in total. The quantitative estimate of drug-likeness (QED) is 0.279. The maximum absolute atomic E-state index is 5.75. The molecule has 0 fully saturated rings. The second-order valence-electron chi connectivity index (χ2n) is 5.34. The van der Waals surface area contributed by atoms with Crippen LogP contribution in [0.1, 0.15) is 32.3 Å². The summed E-state index contributed by atoms with van der Waals surface area (Å²) in [5.41, 5.74) is 1.22. The standard InChI is InChI=1S/C17H29N3O.HI/c1-4-5-11-19-17(18-3)20-12-15(2)13-21-14-16-9-7-6-8-10-16;/h6-10,15H,4-5,11-14H2,1-3H3,(H2,18,19,20);1H. The lowest BCUT2D eigenvalue weighted by Gasteiger charge is -2.16. The van der Waals surface area contributed by atoms with Gasteiger partial charge in [-0.3, -0.25) is 4.99 Å². The molecule has 0 spiro atoms. The van der Waals surface area contributed by atoms with E-state index < -0.39 is 0 Å². The number of aliphatic imine (C=N–C) groups is 1. The molecule has 0 saturated carbocycles. The topological polar surface area (TPSA) is 45.7 Å². The molecule has 1 aromatic carbocycles. The van der Waals surface area contributed by atoms with Crippen LogP contribution in [0.3, 0.4) is 0 Å². The lowest BCUT2D eigenvalue weighted by atomic mass is 10.2. The minimum absolute atomic E-state index is 0. The molecular weight excluding hydrogens is 389 g/mol. The van der Waals surface area contributed by atoms with Gasteiger partial charge < -0.3 is 15.4 Å². The zero-order chi connectivity index (χ0) is 15.3. The predicted octanol–water partition coefficient (Wildman–Crippen LogP) is 3.42. The van der Waals surface area contributed by atoms with Crippen LogP contribution >= 0.6 is 24.0 Å². The van der Waals surface area contributed by atoms with Gasteiger partial charge >= 0.3 is 0 Å². The summed E-state index contributed by atoms with van der Waals surface area (Å²) in [7, 11) is 1.80. The second kappa shape index (κ2) is 13.8. The normalized spacial score (nSPS) is 12.4. The summed E-state index contributed by atoms with van der Waals surface area (Å²) in [6.45, 7) is 7.61. The number of nitrogens with one attached hydrogen (secondary N) is 2. The molecule has 0 aliphatic heterocycles. The molecule has 0 amide bonds. The van der Waals surface area contributed by atoms with E-state index in [4.69, 9.17) is 4.74 Å². The first-order valence-electron chi connectivity index (χ1n) is 7.82. The third-order valence-corrected chi connectivity index (χ3v) is 3.18. The van der Waals surface area contributed by atoms with Crippen molar-refractivity contribution < 1.29 is 4.74 Å². The molecule has 0 heterocycles. The van der Waals surface area contributed by atoms with Gasteiger partial charge in [0, 0.05) is 20.1 Å². The van der Waals surface area contributed by atoms with Crippen LogP contribution in [0.4, 0.5) is 0 Å². The summed E-state index contributed by atoms with van der Waals surface area (Å²) < 4.78 is 5.75. The Balaban J connectivity index is 0.00000441. The van der Waals surface area contributed by atoms with Crippen molar-refractivity contribution >= 4 is 29.9 Å². The zero-order valence-corrected chi connectivity index (χ0v) is 16.3. The Morgan fingerprint density at radius 1 is 1.23 bits per heavy atom. The molecule has 1 rings (SSSR count). The highest BCUT2D eigenvalue weighted by Crippen LogP contribution is 2.02. The molecule has 1 aromatic rings. The first-order chi connectivity index (χ1) is 10.3. The molecule has 0 aliphatic carbocycles. The van der Waals surface area contributed by atoms with E-state index in [2.05, 4.69) is 41.6 Å². The average Bonchev–Trinajstić information content (AvgIpc) is 2.52. The number of guanidine groups is 1. The summed E-state index contributed by atoms with van der Waals surface area (Å²) in [5.74, 6) is 1.32. The molecule has 0 bridgehead atoms. The highest BCUT2D eigenvalue weighted by atomic mass is 127. The molecule has 0 aromatic heterocycles. The van der Waals surface area contributed by atoms with Crippen molar-refractivity contribution in [3.8, 4) is 0 Å². The maximum Gasteiger partial charge on any atom is 0.190 e. The van der Waals surface area contributed by atoms with E-state index in [0.717, 1.165) is 32.1 Å². The van der Waals surface area contributed by atoms with Crippen LogP contribution in [0.25, 0.3) is 0 Å². The third kappa shape index (κ3) is 10.00. The number of hydrogen-bond acceptors (Lipinski definition) is 2. The Labute approximate surface area is 152 Å². The highest BCUT2D eigenvalue weighted by Gasteiger charge is 2.04. The fourth-order valence-corrected chi connectivity index (χ4v) is 1.89. The summed E-state index contributed by atoms with van der Waals surface area (Å²) in [6, 6.07) is 10.3. The smallest absolute Gasteiger partial charge is 0.190 e. The van der Waals surface area contributed by atoms with Crippen molar-refractivity contribution in [1.29, 1.82) is 0 Å². The van der Waals surface area contributed by atoms with Gasteiger partial charge in [-0.25, -0.2) is 0 Å². The summed E-state index contributed by atoms with van der Waals surface area (Å²) in [4.78, 5) is 4.21. The van der Waals surface area contributed by atoms with Crippen LogP contribution in [0.15, 0.2) is 35.3 Å². The van der Waals surface area contributed by atoms with Gasteiger partial charge in [0.2, 0.25) is 0 Å². The molecule has 126 valence electrons. The Morgan fingerprint density at radius 2 is 1.95 bits per heavy atom. The number of halogens is 1. The van der Waals surface area contributed by atoms with Crippen LogP contribution < -0.4 is 10.6 Å². The Bertz CT molecular complexity index is 398. The number of nitrogens with zero attached hydrogens (tertiary/aromatic N) is 1. The lowest BCUT2D eigenvalue weighted by Crippen LogP contribution is -2.40. The molecule has 0 aliphatic rings. The van der Waals surface area contributed by atoms with Crippen molar-refractivity contribution in [3.05, 3.63) is 35.9 Å². The van der Waals surface area contributed by atoms with Gasteiger partial charge in [-0.05, 0) is 17.9 Å². The van der Waals surface area contributed by atoms with Crippen molar-refractivity contribution in [3.63, 3.8) is 0 Å². The molecule has 2 N–H and O–H groups in total. The van der Waals surface area contributed by atoms with E-state index in [1.807, 2.05) is 18.2 Å². The first-order valence-corrected chi connectivity index (χ1v) is 7.82. The van der Waals surface area contributed by atoms with E-state index in [0.29, 0.717) is 12.5 Å². The van der Waals surface area contributed by atoms with E-state index in [1.165, 1.54) is 12.0 Å². The van der Waals surface area contributed by atoms with Crippen molar-refractivity contribution in [2.24, 2.45) is 10.9 Å². The number of rotatable bonds is 9. The average molecular weight is 419 g/mol. The van der Waals surface area contributed by atoms with Crippen molar-refractivity contribution in [2.45, 2.75) is 33.3 Å². The highest BCUT2D eigenvalue weighted by molar-refractivity contribution is 14.0. The molecular formula is C17H30IN3O. The van der Waals surface area contributed by atoms with Gasteiger partial charge in [-0.1, -0.05) is 50.6 Å². The van der Waals surface area contributed by atoms with E-state index in [-0.39, 0.29) is 24.0 Å². The minimum Gasteiger partial charge on any atom is -0.376 e. The SMILES string of the molecule is CCCCNC(=NC)NCC(C)COCc1ccccc1.I. The first kappa shape index (κ1) is 21.2. The van der Waals surface area contributed by atoms with Crippen LogP contribution in [0, 0.1) is 5.92 Å². The Morgan fingerprint density at radius 3 is 2.59 bits per heavy atom. The van der Waals surface area contributed by atoms with Crippen molar-refractivity contribution in [2.75, 3.05) is 26.7 Å². The monoisotopic (exact) mass is 419 g/mol. The number of ether oxygens (including phenoxy) is 1. The summed E-state index contributed by atoms with van der Waals surface area (Å²) in [6.07, 6.45) is 2.35. The zero-order valence-electron chi connectivity index (χ0n) is 14.0. The van der Waals surface area contributed by atoms with Gasteiger partial charge in [0.1, 0.15) is 0 Å². The van der Waals surface area contributed by atoms with E-state index in [1.54, 1.807) is 7.05 Å². The molecule has 1 atom stereocenters. The third-order valence-electron chi connectivity index (χ3n) is 3.18. The fraction of sp³-hybridized carbons (Fsp3) is 0.588.